The summed E-state index contributed by atoms with van der Waals surface area (Å²) in [6, 6.07) is 10.6. The van der Waals surface area contributed by atoms with E-state index >= 15 is 0 Å². The Morgan fingerprint density at radius 2 is 1.76 bits per heavy atom. The van der Waals surface area contributed by atoms with Gasteiger partial charge in [0.2, 0.25) is 0 Å². The van der Waals surface area contributed by atoms with Crippen LogP contribution in [0, 0.1) is 20.2 Å². The van der Waals surface area contributed by atoms with Crippen LogP contribution in [0.2, 0.25) is 0 Å². The van der Waals surface area contributed by atoms with Gasteiger partial charge in [0.05, 0.1) is 35.0 Å². The molecule has 0 atom stereocenters. The number of nitrogens with zero attached hydrogens (tertiary/aromatic N) is 5. The van der Waals surface area contributed by atoms with Crippen molar-refractivity contribution in [2.24, 2.45) is 10.2 Å². The smallest absolute Gasteiger partial charge is 0.276 e. The number of benzene rings is 2. The van der Waals surface area contributed by atoms with Crippen LogP contribution in [0.25, 0.3) is 6.08 Å². The lowest BCUT2D eigenvalue weighted by Crippen LogP contribution is -2.36. The number of non-ortho nitro benzene ring substituents is 2. The van der Waals surface area contributed by atoms with E-state index in [1.807, 2.05) is 12.1 Å². The van der Waals surface area contributed by atoms with Gasteiger partial charge in [-0.05, 0) is 41.7 Å². The van der Waals surface area contributed by atoms with E-state index in [-0.39, 0.29) is 17.1 Å². The van der Waals surface area contributed by atoms with Crippen molar-refractivity contribution >= 4 is 41.0 Å². The summed E-state index contributed by atoms with van der Waals surface area (Å²) in [6.07, 6.45) is 4.94. The molecular weight excluding hydrogens is 480 g/mol. The van der Waals surface area contributed by atoms with E-state index in [0.29, 0.717) is 50.4 Å². The van der Waals surface area contributed by atoms with Crippen molar-refractivity contribution in [2.75, 3.05) is 31.6 Å². The fourth-order valence-electron chi connectivity index (χ4n) is 4.61. The standard InChI is InChI=1S/C25H22N6O6/c32-25-23(21-14-20(31(35)36)6-7-22(21)27-25)28-26-15-18-5-4-17(24(18)29-8-10-37-11-9-29)12-16-2-1-3-19(13-16)30(33)34/h1-3,6-7,12-15H,4-5,8-11H2,(H,27,28,32). The lowest BCUT2D eigenvalue weighted by atomic mass is 10.1. The normalized spacial score (nSPS) is 19.7. The van der Waals surface area contributed by atoms with Crippen LogP contribution in [0.1, 0.15) is 24.0 Å². The van der Waals surface area contributed by atoms with E-state index in [9.17, 15) is 25.0 Å². The van der Waals surface area contributed by atoms with E-state index in [2.05, 4.69) is 20.4 Å². The summed E-state index contributed by atoms with van der Waals surface area (Å²) in [5, 5.41) is 33.3. The number of allylic oxidation sites excluding steroid dienone is 2. The molecule has 2 aromatic rings. The number of fused-ring (bicyclic) bond motifs is 1. The molecule has 1 N–H and O–H groups in total. The number of hydrogen-bond donors (Lipinski definition) is 1. The zero-order chi connectivity index (χ0) is 25.9. The number of amides is 1. The van der Waals surface area contributed by atoms with Crippen LogP contribution in [0.4, 0.5) is 17.1 Å². The van der Waals surface area contributed by atoms with Gasteiger partial charge in [-0.15, -0.1) is 5.10 Å². The first-order valence-electron chi connectivity index (χ1n) is 11.6. The molecule has 2 aromatic carbocycles. The van der Waals surface area contributed by atoms with Gasteiger partial charge in [0.25, 0.3) is 17.3 Å². The first-order chi connectivity index (χ1) is 17.9. The van der Waals surface area contributed by atoms with Crippen molar-refractivity contribution in [3.05, 3.63) is 90.7 Å². The van der Waals surface area contributed by atoms with Crippen LogP contribution < -0.4 is 5.32 Å². The molecule has 188 valence electrons. The van der Waals surface area contributed by atoms with Crippen LogP contribution in [-0.4, -0.2) is 58.9 Å². The molecule has 0 aromatic heterocycles. The first kappa shape index (κ1) is 24.0. The van der Waals surface area contributed by atoms with Crippen molar-refractivity contribution in [3.63, 3.8) is 0 Å². The highest BCUT2D eigenvalue weighted by Gasteiger charge is 2.29. The highest BCUT2D eigenvalue weighted by Crippen LogP contribution is 2.35. The first-order valence-corrected chi connectivity index (χ1v) is 11.6. The van der Waals surface area contributed by atoms with E-state index in [0.717, 1.165) is 22.4 Å². The van der Waals surface area contributed by atoms with Gasteiger partial charge >= 0.3 is 0 Å². The van der Waals surface area contributed by atoms with Crippen molar-refractivity contribution < 1.29 is 19.4 Å². The lowest BCUT2D eigenvalue weighted by molar-refractivity contribution is -0.385. The molecular formula is C25H22N6O6. The van der Waals surface area contributed by atoms with Gasteiger partial charge in [-0.1, -0.05) is 12.1 Å². The summed E-state index contributed by atoms with van der Waals surface area (Å²) in [4.78, 5) is 36.0. The maximum Gasteiger partial charge on any atom is 0.276 e. The van der Waals surface area contributed by atoms with Gasteiger partial charge in [0.15, 0.2) is 5.71 Å². The Labute approximate surface area is 210 Å². The van der Waals surface area contributed by atoms with Gasteiger partial charge in [0.1, 0.15) is 0 Å². The minimum Gasteiger partial charge on any atom is -0.378 e. The van der Waals surface area contributed by atoms with E-state index < -0.39 is 15.8 Å². The number of carbonyl (C=O) groups is 1. The maximum atomic E-state index is 12.4. The van der Waals surface area contributed by atoms with Crippen LogP contribution in [0.15, 0.2) is 69.5 Å². The number of nitro benzene ring substituents is 2. The molecule has 0 saturated carbocycles. The largest absolute Gasteiger partial charge is 0.378 e. The molecule has 0 bridgehead atoms. The van der Waals surface area contributed by atoms with Crippen LogP contribution >= 0.6 is 0 Å². The zero-order valence-electron chi connectivity index (χ0n) is 19.6. The minimum absolute atomic E-state index is 0.00818. The molecule has 0 spiro atoms. The molecule has 1 aliphatic carbocycles. The Balaban J connectivity index is 1.49. The SMILES string of the molecule is O=C1Nc2ccc([N+](=O)[O-])cc2/C1=N/N=CC1=C(N2CCOCC2)C(=Cc2cccc([N+](=O)[O-])c2)CC1. The molecule has 2 aliphatic heterocycles. The third-order valence-electron chi connectivity index (χ3n) is 6.32. The van der Waals surface area contributed by atoms with E-state index in [1.165, 1.54) is 30.3 Å². The maximum absolute atomic E-state index is 12.4. The number of morpholine rings is 1. The van der Waals surface area contributed by atoms with Gasteiger partial charge < -0.3 is 15.0 Å². The second-order valence-corrected chi connectivity index (χ2v) is 8.63. The summed E-state index contributed by atoms with van der Waals surface area (Å²) in [5.41, 5.74) is 4.32. The van der Waals surface area contributed by atoms with Crippen LogP contribution in [0.3, 0.4) is 0 Å². The molecule has 2 heterocycles. The molecule has 0 unspecified atom stereocenters. The highest BCUT2D eigenvalue weighted by atomic mass is 16.6. The Hall–Kier alpha value is -4.71. The molecule has 37 heavy (non-hydrogen) atoms. The molecule has 5 rings (SSSR count). The fraction of sp³-hybridized carbons (Fsp3) is 0.240. The zero-order valence-corrected chi connectivity index (χ0v) is 19.6. The van der Waals surface area contributed by atoms with Gasteiger partial charge in [-0.2, -0.15) is 5.10 Å². The summed E-state index contributed by atoms with van der Waals surface area (Å²) in [6.45, 7) is 2.53. The predicted molar refractivity (Wildman–Crippen MR) is 136 cm³/mol. The Morgan fingerprint density at radius 1 is 1.00 bits per heavy atom. The summed E-state index contributed by atoms with van der Waals surface area (Å²) >= 11 is 0. The third-order valence-corrected chi connectivity index (χ3v) is 6.32. The number of nitro groups is 2. The van der Waals surface area contributed by atoms with Gasteiger partial charge in [0, 0.05) is 48.6 Å². The molecule has 12 heteroatoms. The fourth-order valence-corrected chi connectivity index (χ4v) is 4.61. The number of ether oxygens (including phenoxy) is 1. The van der Waals surface area contributed by atoms with Crippen molar-refractivity contribution in [2.45, 2.75) is 12.8 Å². The molecule has 12 nitrogen and oxygen atoms in total. The van der Waals surface area contributed by atoms with E-state index in [1.54, 1.807) is 12.3 Å². The van der Waals surface area contributed by atoms with Crippen LogP contribution in [-0.2, 0) is 9.53 Å². The molecule has 1 fully saturated rings. The van der Waals surface area contributed by atoms with E-state index in [4.69, 9.17) is 4.74 Å². The monoisotopic (exact) mass is 502 g/mol. The highest BCUT2D eigenvalue weighted by molar-refractivity contribution is 6.53. The molecule has 3 aliphatic rings. The van der Waals surface area contributed by atoms with Crippen LogP contribution in [0.5, 0.6) is 0 Å². The average molecular weight is 502 g/mol. The quantitative estimate of drug-likeness (QED) is 0.359. The van der Waals surface area contributed by atoms with Gasteiger partial charge in [-0.3, -0.25) is 25.0 Å². The molecule has 1 saturated heterocycles. The number of anilines is 1. The second-order valence-electron chi connectivity index (χ2n) is 8.63. The average Bonchev–Trinajstić information content (AvgIpc) is 3.44. The number of rotatable bonds is 6. The van der Waals surface area contributed by atoms with Crippen molar-refractivity contribution in [1.82, 2.24) is 4.90 Å². The third kappa shape index (κ3) is 5.00. The predicted octanol–water partition coefficient (Wildman–Crippen LogP) is 3.69. The number of carbonyl (C=O) groups excluding carboxylic acids is 1. The second kappa shape index (κ2) is 10.1. The summed E-state index contributed by atoms with van der Waals surface area (Å²) in [5.74, 6) is -0.479. The number of nitrogens with one attached hydrogen (secondary N) is 1. The minimum atomic E-state index is -0.531. The summed E-state index contributed by atoms with van der Waals surface area (Å²) in [7, 11) is 0. The molecule has 1 amide bonds. The Bertz CT molecular complexity index is 1420. The van der Waals surface area contributed by atoms with Crippen molar-refractivity contribution in [3.8, 4) is 0 Å². The van der Waals surface area contributed by atoms with Gasteiger partial charge in [-0.25, -0.2) is 0 Å². The number of hydrogen-bond acceptors (Lipinski definition) is 9. The topological polar surface area (TPSA) is 153 Å². The summed E-state index contributed by atoms with van der Waals surface area (Å²) < 4.78 is 5.50. The molecule has 0 radical (unpaired) electrons. The Kier molecular flexibility index (Phi) is 6.56. The van der Waals surface area contributed by atoms with Crippen molar-refractivity contribution in [1.29, 1.82) is 0 Å². The Morgan fingerprint density at radius 3 is 2.51 bits per heavy atom. The lowest BCUT2D eigenvalue weighted by Gasteiger charge is -2.31.